The van der Waals surface area contributed by atoms with Crippen LogP contribution in [-0.4, -0.2) is 17.3 Å². The van der Waals surface area contributed by atoms with Crippen LogP contribution >= 0.6 is 11.6 Å². The van der Waals surface area contributed by atoms with Gasteiger partial charge in [0.05, 0.1) is 0 Å². The smallest absolute Gasteiger partial charge is 0.220 e. The highest BCUT2D eigenvalue weighted by Gasteiger charge is 2.51. The van der Waals surface area contributed by atoms with Crippen LogP contribution in [0.5, 0.6) is 0 Å². The van der Waals surface area contributed by atoms with Gasteiger partial charge in [0.15, 0.2) is 0 Å². The molecule has 5 saturated carbocycles. The zero-order valence-corrected chi connectivity index (χ0v) is 13.7. The molecule has 5 aliphatic rings. The summed E-state index contributed by atoms with van der Waals surface area (Å²) in [5.74, 6) is 3.15. The van der Waals surface area contributed by atoms with Crippen molar-refractivity contribution in [2.45, 2.75) is 82.0 Å². The summed E-state index contributed by atoms with van der Waals surface area (Å²) in [6.07, 6.45) is 13.4. The molecule has 118 valence electrons. The molecule has 0 atom stereocenters. The molecular weight excluding hydrogens is 282 g/mol. The van der Waals surface area contributed by atoms with E-state index in [0.29, 0.717) is 22.7 Å². The molecule has 0 aromatic rings. The summed E-state index contributed by atoms with van der Waals surface area (Å²) in [5, 5.41) is 3.65. The monoisotopic (exact) mass is 309 g/mol. The summed E-state index contributed by atoms with van der Waals surface area (Å²) in [6.45, 7) is 0. The van der Waals surface area contributed by atoms with Gasteiger partial charge in [0.25, 0.3) is 0 Å². The Bertz CT molecular complexity index is 378. The third-order valence-corrected chi connectivity index (χ3v) is 7.16. The van der Waals surface area contributed by atoms with Gasteiger partial charge in [-0.3, -0.25) is 4.79 Å². The van der Waals surface area contributed by atoms with Crippen LogP contribution in [0.4, 0.5) is 0 Å². The van der Waals surface area contributed by atoms with E-state index in [1.807, 2.05) is 0 Å². The lowest BCUT2D eigenvalue weighted by Crippen LogP contribution is -2.49. The number of nitrogens with one attached hydrogen (secondary N) is 1. The summed E-state index contributed by atoms with van der Waals surface area (Å²) in [4.78, 5) is 12.5. The fraction of sp³-hybridized carbons (Fsp3) is 0.944. The first kappa shape index (κ1) is 14.4. The van der Waals surface area contributed by atoms with Crippen LogP contribution in [0.15, 0.2) is 0 Å². The molecule has 5 aliphatic carbocycles. The summed E-state index contributed by atoms with van der Waals surface area (Å²) in [6, 6.07) is 0.390. The quantitative estimate of drug-likeness (QED) is 0.775. The Labute approximate surface area is 133 Å². The lowest BCUT2D eigenvalue weighted by molar-refractivity contribution is -0.130. The van der Waals surface area contributed by atoms with Gasteiger partial charge in [-0.15, -0.1) is 11.6 Å². The van der Waals surface area contributed by atoms with Crippen LogP contribution < -0.4 is 5.32 Å². The predicted octanol–water partition coefficient (Wildman–Crippen LogP) is 4.26. The molecule has 0 spiro atoms. The van der Waals surface area contributed by atoms with Gasteiger partial charge in [0.1, 0.15) is 0 Å². The number of hydrogen-bond donors (Lipinski definition) is 1. The number of hydrogen-bond acceptors (Lipinski definition) is 1. The molecule has 1 N–H and O–H groups in total. The zero-order chi connectivity index (χ0) is 14.4. The second-order valence-corrected chi connectivity index (χ2v) is 9.23. The highest BCUT2D eigenvalue weighted by molar-refractivity contribution is 6.20. The molecule has 0 saturated heterocycles. The van der Waals surface area contributed by atoms with Crippen LogP contribution in [0.3, 0.4) is 0 Å². The number of alkyl halides is 1. The Morgan fingerprint density at radius 2 is 1.48 bits per heavy atom. The molecule has 1 amide bonds. The third-order valence-electron chi connectivity index (χ3n) is 6.72. The van der Waals surface area contributed by atoms with Crippen molar-refractivity contribution in [3.63, 3.8) is 0 Å². The van der Waals surface area contributed by atoms with Gasteiger partial charge in [0.2, 0.25) is 5.91 Å². The molecule has 2 nitrogen and oxygen atoms in total. The van der Waals surface area contributed by atoms with E-state index in [1.165, 1.54) is 38.5 Å². The van der Waals surface area contributed by atoms with Crippen molar-refractivity contribution in [3.8, 4) is 0 Å². The average molecular weight is 310 g/mol. The minimum Gasteiger partial charge on any atom is -0.353 e. The molecule has 0 radical (unpaired) electrons. The molecule has 0 aliphatic heterocycles. The maximum atomic E-state index is 12.5. The second kappa shape index (κ2) is 5.44. The van der Waals surface area contributed by atoms with Crippen LogP contribution in [0.2, 0.25) is 0 Å². The standard InChI is InChI=1S/C18H28ClNO/c19-15-1-3-16(4-2-15)20-17(21)11-18-8-12-5-13(9-18)7-14(6-12)10-18/h12-16H,1-11H2,(H,20,21). The van der Waals surface area contributed by atoms with Gasteiger partial charge in [-0.25, -0.2) is 0 Å². The van der Waals surface area contributed by atoms with Gasteiger partial charge in [-0.1, -0.05) is 0 Å². The molecule has 0 heterocycles. The lowest BCUT2D eigenvalue weighted by atomic mass is 9.49. The topological polar surface area (TPSA) is 29.1 Å². The van der Waals surface area contributed by atoms with E-state index in [0.717, 1.165) is 49.9 Å². The molecule has 3 heteroatoms. The van der Waals surface area contributed by atoms with Gasteiger partial charge in [-0.05, 0) is 87.4 Å². The zero-order valence-electron chi connectivity index (χ0n) is 13.0. The minimum absolute atomic E-state index is 0.329. The van der Waals surface area contributed by atoms with Crippen molar-refractivity contribution < 1.29 is 4.79 Å². The Morgan fingerprint density at radius 3 is 2.00 bits per heavy atom. The molecular formula is C18H28ClNO. The van der Waals surface area contributed by atoms with Crippen LogP contribution in [-0.2, 0) is 4.79 Å². The van der Waals surface area contributed by atoms with E-state index in [4.69, 9.17) is 11.6 Å². The maximum Gasteiger partial charge on any atom is 0.220 e. The van der Waals surface area contributed by atoms with Crippen LogP contribution in [0.1, 0.15) is 70.6 Å². The number of carbonyl (C=O) groups is 1. The summed E-state index contributed by atoms with van der Waals surface area (Å²) in [5.41, 5.74) is 0.378. The average Bonchev–Trinajstić information content (AvgIpc) is 2.39. The summed E-state index contributed by atoms with van der Waals surface area (Å²) >= 11 is 6.15. The Hall–Kier alpha value is -0.240. The van der Waals surface area contributed by atoms with Crippen LogP contribution in [0, 0.1) is 23.2 Å². The van der Waals surface area contributed by atoms with Crippen molar-refractivity contribution in [1.82, 2.24) is 5.32 Å². The Kier molecular flexibility index (Phi) is 3.72. The fourth-order valence-electron chi connectivity index (χ4n) is 6.32. The summed E-state index contributed by atoms with van der Waals surface area (Å²) < 4.78 is 0. The third kappa shape index (κ3) is 2.98. The Balaban J connectivity index is 1.34. The van der Waals surface area contributed by atoms with E-state index < -0.39 is 0 Å². The number of amides is 1. The first-order valence-electron chi connectivity index (χ1n) is 9.04. The summed E-state index contributed by atoms with van der Waals surface area (Å²) in [7, 11) is 0. The molecule has 0 aromatic carbocycles. The molecule has 0 aromatic heterocycles. The van der Waals surface area contributed by atoms with Gasteiger partial charge in [-0.2, -0.15) is 0 Å². The van der Waals surface area contributed by atoms with E-state index in [1.54, 1.807) is 0 Å². The number of rotatable bonds is 3. The Morgan fingerprint density at radius 1 is 0.952 bits per heavy atom. The van der Waals surface area contributed by atoms with Crippen LogP contribution in [0.25, 0.3) is 0 Å². The maximum absolute atomic E-state index is 12.5. The van der Waals surface area contributed by atoms with Crippen molar-refractivity contribution >= 4 is 17.5 Å². The first-order chi connectivity index (χ1) is 10.1. The molecule has 0 unspecified atom stereocenters. The highest BCUT2D eigenvalue weighted by Crippen LogP contribution is 2.61. The molecule has 5 fully saturated rings. The second-order valence-electron chi connectivity index (χ2n) is 8.61. The number of halogens is 1. The van der Waals surface area contributed by atoms with Crippen molar-refractivity contribution in [2.24, 2.45) is 23.2 Å². The SMILES string of the molecule is O=C(CC12CC3CC(CC(C3)C1)C2)NC1CCC(Cl)CC1. The fourth-order valence-corrected chi connectivity index (χ4v) is 6.57. The van der Waals surface area contributed by atoms with E-state index in [-0.39, 0.29) is 0 Å². The molecule has 5 rings (SSSR count). The van der Waals surface area contributed by atoms with Crippen molar-refractivity contribution in [3.05, 3.63) is 0 Å². The van der Waals surface area contributed by atoms with E-state index >= 15 is 0 Å². The largest absolute Gasteiger partial charge is 0.353 e. The lowest BCUT2D eigenvalue weighted by Gasteiger charge is -2.56. The van der Waals surface area contributed by atoms with Gasteiger partial charge < -0.3 is 5.32 Å². The number of carbonyl (C=O) groups excluding carboxylic acids is 1. The predicted molar refractivity (Wildman–Crippen MR) is 85.3 cm³/mol. The highest BCUT2D eigenvalue weighted by atomic mass is 35.5. The van der Waals surface area contributed by atoms with E-state index in [9.17, 15) is 4.79 Å². The first-order valence-corrected chi connectivity index (χ1v) is 9.47. The normalized spacial score (nSPS) is 48.3. The van der Waals surface area contributed by atoms with Crippen molar-refractivity contribution in [1.29, 1.82) is 0 Å². The minimum atomic E-state index is 0.329. The van der Waals surface area contributed by atoms with Gasteiger partial charge in [0, 0.05) is 17.8 Å². The van der Waals surface area contributed by atoms with Gasteiger partial charge >= 0.3 is 0 Å². The van der Waals surface area contributed by atoms with E-state index in [2.05, 4.69) is 5.32 Å². The molecule has 21 heavy (non-hydrogen) atoms. The van der Waals surface area contributed by atoms with Crippen molar-refractivity contribution in [2.75, 3.05) is 0 Å². The molecule has 4 bridgehead atoms.